The van der Waals surface area contributed by atoms with Gasteiger partial charge in [0, 0.05) is 6.42 Å². The lowest BCUT2D eigenvalue weighted by Crippen LogP contribution is -2.32. The summed E-state index contributed by atoms with van der Waals surface area (Å²) in [5.74, 6) is -0.555. The number of amides is 1. The van der Waals surface area contributed by atoms with Gasteiger partial charge in [0.25, 0.3) is 5.91 Å². The smallest absolute Gasteiger partial charge is 0.287 e. The van der Waals surface area contributed by atoms with Crippen LogP contribution in [0.4, 0.5) is 0 Å². The van der Waals surface area contributed by atoms with E-state index in [4.69, 9.17) is 5.21 Å². The highest BCUT2D eigenvalue weighted by Gasteiger charge is 2.25. The first kappa shape index (κ1) is 7.01. The maximum Gasteiger partial charge on any atom is 0.287 e. The lowest BCUT2D eigenvalue weighted by Gasteiger charge is -2.02. The van der Waals surface area contributed by atoms with Crippen LogP contribution in [0, 0.1) is 0 Å². The van der Waals surface area contributed by atoms with Crippen molar-refractivity contribution in [2.45, 2.75) is 19.4 Å². The normalized spacial score (nSPS) is 23.4. The third-order valence-corrected chi connectivity index (χ3v) is 1.22. The highest BCUT2D eigenvalue weighted by Crippen LogP contribution is 2.09. The highest BCUT2D eigenvalue weighted by atomic mass is 16.6. The Morgan fingerprint density at radius 2 is 2.70 bits per heavy atom. The molecule has 1 atom stereocenters. The van der Waals surface area contributed by atoms with Crippen molar-refractivity contribution >= 4 is 11.6 Å². The molecule has 1 aliphatic heterocycles. The van der Waals surface area contributed by atoms with Gasteiger partial charge in [-0.05, 0) is 6.92 Å². The SMILES string of the molecule is CC1=NOC(C(=O)NO)C1. The second kappa shape index (κ2) is 2.66. The molecule has 1 rings (SSSR count). The monoisotopic (exact) mass is 144 g/mol. The van der Waals surface area contributed by atoms with E-state index in [0.29, 0.717) is 6.42 Å². The van der Waals surface area contributed by atoms with Gasteiger partial charge in [-0.3, -0.25) is 10.0 Å². The van der Waals surface area contributed by atoms with Crippen molar-refractivity contribution in [3.05, 3.63) is 0 Å². The van der Waals surface area contributed by atoms with Crippen LogP contribution in [-0.4, -0.2) is 22.9 Å². The first-order chi connectivity index (χ1) is 4.74. The Bertz CT molecular complexity index is 178. The summed E-state index contributed by atoms with van der Waals surface area (Å²) in [4.78, 5) is 15.2. The number of nitrogens with one attached hydrogen (secondary N) is 1. The molecule has 1 amide bonds. The Morgan fingerprint density at radius 3 is 3.10 bits per heavy atom. The van der Waals surface area contributed by atoms with Gasteiger partial charge in [0.2, 0.25) is 6.10 Å². The van der Waals surface area contributed by atoms with Gasteiger partial charge in [-0.25, -0.2) is 5.48 Å². The molecular weight excluding hydrogens is 136 g/mol. The molecule has 5 nitrogen and oxygen atoms in total. The number of carbonyl (C=O) groups is 1. The number of hydroxylamine groups is 1. The second-order valence-electron chi connectivity index (χ2n) is 2.10. The molecule has 1 heterocycles. The summed E-state index contributed by atoms with van der Waals surface area (Å²) >= 11 is 0. The molecular formula is C5H8N2O3. The predicted octanol–water partition coefficient (Wildman–Crippen LogP) is -0.343. The lowest BCUT2D eigenvalue weighted by molar-refractivity contribution is -0.139. The minimum atomic E-state index is -0.648. The van der Waals surface area contributed by atoms with E-state index in [1.54, 1.807) is 6.92 Å². The fourth-order valence-corrected chi connectivity index (χ4v) is 0.709. The number of hydrogen-bond donors (Lipinski definition) is 2. The zero-order chi connectivity index (χ0) is 7.56. The van der Waals surface area contributed by atoms with Gasteiger partial charge in [-0.2, -0.15) is 0 Å². The molecule has 2 N–H and O–H groups in total. The lowest BCUT2D eigenvalue weighted by atomic mass is 10.2. The van der Waals surface area contributed by atoms with Crippen molar-refractivity contribution in [3.8, 4) is 0 Å². The Labute approximate surface area is 57.6 Å². The number of oxime groups is 1. The van der Waals surface area contributed by atoms with E-state index in [1.807, 2.05) is 0 Å². The van der Waals surface area contributed by atoms with E-state index in [9.17, 15) is 4.79 Å². The minimum Gasteiger partial charge on any atom is -0.382 e. The average Bonchev–Trinajstić information content (AvgIpc) is 2.34. The van der Waals surface area contributed by atoms with Crippen molar-refractivity contribution < 1.29 is 14.8 Å². The van der Waals surface area contributed by atoms with Crippen LogP contribution in [0.3, 0.4) is 0 Å². The molecule has 0 fully saturated rings. The van der Waals surface area contributed by atoms with Crippen molar-refractivity contribution in [2.24, 2.45) is 5.16 Å². The molecule has 5 heteroatoms. The molecule has 0 saturated carbocycles. The molecule has 1 unspecified atom stereocenters. The zero-order valence-electron chi connectivity index (χ0n) is 5.50. The van der Waals surface area contributed by atoms with Gasteiger partial charge < -0.3 is 4.84 Å². The second-order valence-corrected chi connectivity index (χ2v) is 2.10. The summed E-state index contributed by atoms with van der Waals surface area (Å²) in [5.41, 5.74) is 2.25. The standard InChI is InChI=1S/C5H8N2O3/c1-3-2-4(10-7-3)5(8)6-9/h4,9H,2H2,1H3,(H,6,8). The van der Waals surface area contributed by atoms with Gasteiger partial charge in [0.1, 0.15) is 0 Å². The van der Waals surface area contributed by atoms with Crippen LogP contribution in [0.1, 0.15) is 13.3 Å². The molecule has 0 saturated heterocycles. The molecule has 10 heavy (non-hydrogen) atoms. The van der Waals surface area contributed by atoms with Crippen LogP contribution in [0.15, 0.2) is 5.16 Å². The molecule has 0 radical (unpaired) electrons. The van der Waals surface area contributed by atoms with Crippen molar-refractivity contribution in [3.63, 3.8) is 0 Å². The molecule has 0 aromatic carbocycles. The zero-order valence-corrected chi connectivity index (χ0v) is 5.50. The predicted molar refractivity (Wildman–Crippen MR) is 32.5 cm³/mol. The van der Waals surface area contributed by atoms with Crippen LogP contribution in [-0.2, 0) is 9.63 Å². The fraction of sp³-hybridized carbons (Fsp3) is 0.600. The fourth-order valence-electron chi connectivity index (χ4n) is 0.709. The van der Waals surface area contributed by atoms with Crippen LogP contribution < -0.4 is 5.48 Å². The third kappa shape index (κ3) is 1.24. The molecule has 0 aromatic rings. The molecule has 1 aliphatic rings. The molecule has 0 bridgehead atoms. The Hall–Kier alpha value is -1.10. The Balaban J connectivity index is 2.42. The molecule has 0 aromatic heterocycles. The van der Waals surface area contributed by atoms with E-state index in [2.05, 4.69) is 9.99 Å². The summed E-state index contributed by atoms with van der Waals surface area (Å²) in [6.45, 7) is 1.75. The molecule has 0 aliphatic carbocycles. The maximum atomic E-state index is 10.6. The summed E-state index contributed by atoms with van der Waals surface area (Å²) in [7, 11) is 0. The quantitative estimate of drug-likeness (QED) is 0.390. The van der Waals surface area contributed by atoms with Crippen LogP contribution in [0.2, 0.25) is 0 Å². The third-order valence-electron chi connectivity index (χ3n) is 1.22. The van der Waals surface area contributed by atoms with Crippen molar-refractivity contribution in [1.82, 2.24) is 5.48 Å². The van der Waals surface area contributed by atoms with Gasteiger partial charge in [-0.15, -0.1) is 0 Å². The molecule has 0 spiro atoms. The first-order valence-electron chi connectivity index (χ1n) is 2.87. The summed E-state index contributed by atoms with van der Waals surface area (Å²) in [6, 6.07) is 0. The number of rotatable bonds is 1. The van der Waals surface area contributed by atoms with E-state index >= 15 is 0 Å². The van der Waals surface area contributed by atoms with Gasteiger partial charge in [0.05, 0.1) is 5.71 Å². The summed E-state index contributed by atoms with van der Waals surface area (Å²) in [5, 5.41) is 11.7. The van der Waals surface area contributed by atoms with E-state index < -0.39 is 12.0 Å². The number of nitrogens with zero attached hydrogens (tertiary/aromatic N) is 1. The largest absolute Gasteiger partial charge is 0.382 e. The van der Waals surface area contributed by atoms with Gasteiger partial charge in [-0.1, -0.05) is 5.16 Å². The van der Waals surface area contributed by atoms with E-state index in [-0.39, 0.29) is 0 Å². The highest BCUT2D eigenvalue weighted by molar-refractivity contribution is 5.90. The van der Waals surface area contributed by atoms with E-state index in [0.717, 1.165) is 5.71 Å². The van der Waals surface area contributed by atoms with Crippen molar-refractivity contribution in [2.75, 3.05) is 0 Å². The number of carbonyl (C=O) groups excluding carboxylic acids is 1. The molecule has 56 valence electrons. The Kier molecular flexibility index (Phi) is 1.86. The van der Waals surface area contributed by atoms with Crippen LogP contribution >= 0.6 is 0 Å². The summed E-state index contributed by atoms with van der Waals surface area (Å²) in [6.07, 6.45) is -0.197. The van der Waals surface area contributed by atoms with Gasteiger partial charge in [0.15, 0.2) is 0 Å². The maximum absolute atomic E-state index is 10.6. The number of hydrogen-bond acceptors (Lipinski definition) is 4. The average molecular weight is 144 g/mol. The Morgan fingerprint density at radius 1 is 2.00 bits per heavy atom. The van der Waals surface area contributed by atoms with Gasteiger partial charge >= 0.3 is 0 Å². The minimum absolute atomic E-state index is 0.451. The van der Waals surface area contributed by atoms with Crippen molar-refractivity contribution in [1.29, 1.82) is 0 Å². The topological polar surface area (TPSA) is 70.9 Å². The van der Waals surface area contributed by atoms with Crippen LogP contribution in [0.25, 0.3) is 0 Å². The van der Waals surface area contributed by atoms with Crippen LogP contribution in [0.5, 0.6) is 0 Å². The summed E-state index contributed by atoms with van der Waals surface area (Å²) < 4.78 is 0. The van der Waals surface area contributed by atoms with E-state index in [1.165, 1.54) is 5.48 Å². The first-order valence-corrected chi connectivity index (χ1v) is 2.87.